The summed E-state index contributed by atoms with van der Waals surface area (Å²) in [5.41, 5.74) is 1.27. The Balaban J connectivity index is 1.32. The van der Waals surface area contributed by atoms with Crippen molar-refractivity contribution in [3.63, 3.8) is 0 Å². The zero-order valence-electron chi connectivity index (χ0n) is 23.2. The number of pyridine rings is 1. The highest BCUT2D eigenvalue weighted by atomic mass is 16.5. The Hall–Kier alpha value is -3.46. The lowest BCUT2D eigenvalue weighted by molar-refractivity contribution is -0.116. The number of benzene rings is 1. The van der Waals surface area contributed by atoms with Crippen molar-refractivity contribution >= 4 is 23.7 Å². The van der Waals surface area contributed by atoms with Crippen molar-refractivity contribution in [3.8, 4) is 0 Å². The molecule has 0 bridgehead atoms. The molecule has 0 unspecified atom stereocenters. The van der Waals surface area contributed by atoms with Crippen molar-refractivity contribution in [2.24, 2.45) is 5.92 Å². The van der Waals surface area contributed by atoms with E-state index in [-0.39, 0.29) is 35.4 Å². The number of carbonyl (C=O) groups is 3. The molecule has 1 aromatic carbocycles. The number of hydrogen-bond acceptors (Lipinski definition) is 6. The zero-order chi connectivity index (χ0) is 27.6. The van der Waals surface area contributed by atoms with E-state index in [1.54, 1.807) is 4.90 Å². The van der Waals surface area contributed by atoms with Gasteiger partial charge in [-0.1, -0.05) is 36.8 Å². The summed E-state index contributed by atoms with van der Waals surface area (Å²) in [5.74, 6) is -0.0366. The van der Waals surface area contributed by atoms with Crippen LogP contribution < -0.4 is 5.32 Å². The maximum atomic E-state index is 13.8. The van der Waals surface area contributed by atoms with Crippen LogP contribution >= 0.6 is 0 Å². The van der Waals surface area contributed by atoms with Crippen molar-refractivity contribution in [2.75, 3.05) is 46.2 Å². The summed E-state index contributed by atoms with van der Waals surface area (Å²) in [4.78, 5) is 48.9. The predicted octanol–water partition coefficient (Wildman–Crippen LogP) is 4.11. The highest BCUT2D eigenvalue weighted by Crippen LogP contribution is 2.49. The molecule has 2 aromatic rings. The number of nitrogens with zero attached hydrogens (tertiary/aromatic N) is 4. The number of methoxy groups -OCH3 is 1. The van der Waals surface area contributed by atoms with E-state index in [4.69, 9.17) is 4.74 Å². The number of urea groups is 1. The molecule has 1 aliphatic heterocycles. The second-order valence-corrected chi connectivity index (χ2v) is 11.5. The van der Waals surface area contributed by atoms with Crippen LogP contribution in [0.5, 0.6) is 0 Å². The van der Waals surface area contributed by atoms with E-state index in [1.165, 1.54) is 37.4 Å². The maximum absolute atomic E-state index is 13.8. The minimum absolute atomic E-state index is 0.0506. The Kier molecular flexibility index (Phi) is 7.62. The van der Waals surface area contributed by atoms with E-state index in [9.17, 15) is 14.4 Å². The molecule has 9 nitrogen and oxygen atoms in total. The van der Waals surface area contributed by atoms with Crippen LogP contribution in [0.25, 0.3) is 0 Å². The first kappa shape index (κ1) is 27.1. The van der Waals surface area contributed by atoms with Crippen LogP contribution in [0.2, 0.25) is 0 Å². The van der Waals surface area contributed by atoms with E-state index in [2.05, 4.69) is 64.5 Å². The topological polar surface area (TPSA) is 95.1 Å². The van der Waals surface area contributed by atoms with Gasteiger partial charge in [0.25, 0.3) is 0 Å². The van der Waals surface area contributed by atoms with E-state index >= 15 is 0 Å². The number of amides is 3. The molecule has 2 heterocycles. The summed E-state index contributed by atoms with van der Waals surface area (Å²) in [6.07, 6.45) is 8.66. The summed E-state index contributed by atoms with van der Waals surface area (Å²) >= 11 is 0. The molecule has 1 aromatic heterocycles. The van der Waals surface area contributed by atoms with Gasteiger partial charge >= 0.3 is 12.0 Å². The summed E-state index contributed by atoms with van der Waals surface area (Å²) in [7, 11) is 5.60. The third-order valence-corrected chi connectivity index (χ3v) is 9.18. The van der Waals surface area contributed by atoms with Gasteiger partial charge in [0.2, 0.25) is 5.91 Å². The molecule has 39 heavy (non-hydrogen) atoms. The van der Waals surface area contributed by atoms with Crippen LogP contribution in [-0.2, 0) is 15.1 Å². The molecule has 2 aliphatic carbocycles. The molecule has 3 aliphatic rings. The number of hydrogen-bond donors (Lipinski definition) is 1. The largest absolute Gasteiger partial charge is 0.465 e. The van der Waals surface area contributed by atoms with Gasteiger partial charge in [0.15, 0.2) is 0 Å². The molecule has 5 rings (SSSR count). The Bertz CT molecular complexity index is 1200. The van der Waals surface area contributed by atoms with E-state index in [0.717, 1.165) is 45.1 Å². The number of esters is 1. The van der Waals surface area contributed by atoms with Crippen molar-refractivity contribution < 1.29 is 19.1 Å². The molecule has 1 N–H and O–H groups in total. The van der Waals surface area contributed by atoms with Crippen LogP contribution in [0.1, 0.15) is 60.9 Å². The number of rotatable bonds is 8. The van der Waals surface area contributed by atoms with Crippen molar-refractivity contribution in [3.05, 3.63) is 59.8 Å². The van der Waals surface area contributed by atoms with Crippen LogP contribution in [0, 0.1) is 5.92 Å². The summed E-state index contributed by atoms with van der Waals surface area (Å²) in [6, 6.07) is 13.6. The Morgan fingerprint density at radius 1 is 1.10 bits per heavy atom. The van der Waals surface area contributed by atoms with E-state index < -0.39 is 5.97 Å². The third kappa shape index (κ3) is 5.24. The minimum atomic E-state index is -0.502. The van der Waals surface area contributed by atoms with Gasteiger partial charge in [0, 0.05) is 24.8 Å². The van der Waals surface area contributed by atoms with Crippen molar-refractivity contribution in [1.29, 1.82) is 0 Å². The number of anilines is 1. The third-order valence-electron chi connectivity index (χ3n) is 9.18. The fourth-order valence-electron chi connectivity index (χ4n) is 6.61. The van der Waals surface area contributed by atoms with Gasteiger partial charge in [-0.25, -0.2) is 14.6 Å². The zero-order valence-corrected chi connectivity index (χ0v) is 23.2. The van der Waals surface area contributed by atoms with Gasteiger partial charge in [0.1, 0.15) is 12.4 Å². The SMILES string of the molecule is COC(=O)c1ccnc(NC(=O)CN2C[C@]3(CC[C@](c4ccccc4)(N(C)C)CC3)N(CC3CCC3)C2=O)c1. The first-order valence-corrected chi connectivity index (χ1v) is 13.9. The number of nitrogens with one attached hydrogen (secondary N) is 1. The lowest BCUT2D eigenvalue weighted by atomic mass is 9.68. The van der Waals surface area contributed by atoms with Crippen molar-refractivity contribution in [2.45, 2.75) is 56.0 Å². The summed E-state index contributed by atoms with van der Waals surface area (Å²) < 4.78 is 4.76. The Morgan fingerprint density at radius 2 is 1.82 bits per heavy atom. The number of ether oxygens (including phenoxy) is 1. The predicted molar refractivity (Wildman–Crippen MR) is 148 cm³/mol. The molecular weight excluding hydrogens is 494 g/mol. The average molecular weight is 534 g/mol. The average Bonchev–Trinajstić information content (AvgIpc) is 3.16. The molecule has 0 atom stereocenters. The molecule has 3 amide bonds. The highest BCUT2D eigenvalue weighted by Gasteiger charge is 2.55. The molecule has 0 radical (unpaired) electrons. The molecule has 208 valence electrons. The quantitative estimate of drug-likeness (QED) is 0.513. The number of carbonyl (C=O) groups excluding carboxylic acids is 3. The second kappa shape index (κ2) is 11.0. The molecule has 2 saturated carbocycles. The lowest BCUT2D eigenvalue weighted by Crippen LogP contribution is -2.56. The van der Waals surface area contributed by atoms with Crippen molar-refractivity contribution in [1.82, 2.24) is 19.7 Å². The summed E-state index contributed by atoms with van der Waals surface area (Å²) in [5, 5.41) is 2.75. The monoisotopic (exact) mass is 533 g/mol. The fraction of sp³-hybridized carbons (Fsp3) is 0.533. The lowest BCUT2D eigenvalue weighted by Gasteiger charge is -2.51. The maximum Gasteiger partial charge on any atom is 0.338 e. The van der Waals surface area contributed by atoms with Gasteiger partial charge in [-0.3, -0.25) is 9.69 Å². The van der Waals surface area contributed by atoms with Crippen LogP contribution in [-0.4, -0.2) is 84.0 Å². The van der Waals surface area contributed by atoms with Gasteiger partial charge in [0.05, 0.1) is 18.2 Å². The molecule has 3 fully saturated rings. The highest BCUT2D eigenvalue weighted by molar-refractivity contribution is 5.96. The molecule has 1 saturated heterocycles. The first-order chi connectivity index (χ1) is 18.8. The standard InChI is InChI=1S/C30H39N5O4/c1-33(2)30(24-10-5-4-6-11-24)15-13-29(14-16-30)21-34(28(38)35(29)19-22-8-7-9-22)20-26(36)32-25-18-23(12-17-31-25)27(37)39-3/h4-6,10-12,17-18,22H,7-9,13-16,19-21H2,1-3H3,(H,31,32,36)/t29-,30+. The molecule has 9 heteroatoms. The first-order valence-electron chi connectivity index (χ1n) is 13.9. The van der Waals surface area contributed by atoms with Gasteiger partial charge in [-0.15, -0.1) is 0 Å². The normalized spacial score (nSPS) is 25.2. The minimum Gasteiger partial charge on any atom is -0.465 e. The molecule has 1 spiro atoms. The van der Waals surface area contributed by atoms with Crippen LogP contribution in [0.15, 0.2) is 48.7 Å². The van der Waals surface area contributed by atoms with Gasteiger partial charge < -0.3 is 19.9 Å². The van der Waals surface area contributed by atoms with E-state index in [0.29, 0.717) is 18.0 Å². The van der Waals surface area contributed by atoms with Gasteiger partial charge in [-0.05, 0) is 76.2 Å². The molecular formula is C30H39N5O4. The van der Waals surface area contributed by atoms with Crippen LogP contribution in [0.3, 0.4) is 0 Å². The fourth-order valence-corrected chi connectivity index (χ4v) is 6.61. The Morgan fingerprint density at radius 3 is 2.44 bits per heavy atom. The van der Waals surface area contributed by atoms with Crippen LogP contribution in [0.4, 0.5) is 10.6 Å². The summed E-state index contributed by atoms with van der Waals surface area (Å²) in [6.45, 7) is 1.25. The Labute approximate surface area is 230 Å². The second-order valence-electron chi connectivity index (χ2n) is 11.5. The smallest absolute Gasteiger partial charge is 0.338 e. The van der Waals surface area contributed by atoms with Gasteiger partial charge in [-0.2, -0.15) is 0 Å². The number of aromatic nitrogens is 1. The van der Waals surface area contributed by atoms with E-state index in [1.807, 2.05) is 0 Å².